The smallest absolute Gasteiger partial charge is 0.0276 e. The second-order valence-electron chi connectivity index (χ2n) is 10.4. The van der Waals surface area contributed by atoms with Crippen molar-refractivity contribution < 1.29 is 0 Å². The minimum atomic E-state index is 1.26. The van der Waals surface area contributed by atoms with Gasteiger partial charge in [0, 0.05) is 0 Å². The summed E-state index contributed by atoms with van der Waals surface area (Å²) < 4.78 is 0. The quantitative estimate of drug-likeness (QED) is 0.177. The van der Waals surface area contributed by atoms with E-state index in [1.54, 1.807) is 11.1 Å². The Labute approximate surface area is 206 Å². The van der Waals surface area contributed by atoms with Gasteiger partial charge in [0.15, 0.2) is 0 Å². The first-order chi connectivity index (χ1) is 16.3. The highest BCUT2D eigenvalue weighted by Gasteiger charge is 1.99. The summed E-state index contributed by atoms with van der Waals surface area (Å²) in [6, 6.07) is 17.7. The van der Waals surface area contributed by atoms with Crippen LogP contribution in [0.3, 0.4) is 0 Å². The van der Waals surface area contributed by atoms with Gasteiger partial charge in [-0.2, -0.15) is 0 Å². The van der Waals surface area contributed by atoms with Gasteiger partial charge in [-0.05, 0) is 61.8 Å². The summed E-state index contributed by atoms with van der Waals surface area (Å²) in [6.45, 7) is 4.48. The maximum atomic E-state index is 2.30. The second-order valence-corrected chi connectivity index (χ2v) is 10.4. The summed E-state index contributed by atoms with van der Waals surface area (Å²) in [5.74, 6) is 0. The molecule has 184 valence electrons. The molecule has 0 aliphatic carbocycles. The lowest BCUT2D eigenvalue weighted by molar-refractivity contribution is 0.525. The summed E-state index contributed by atoms with van der Waals surface area (Å²) in [7, 11) is 0. The van der Waals surface area contributed by atoms with Gasteiger partial charge >= 0.3 is 0 Å². The molecular formula is C33H52. The number of hydrogen-bond donors (Lipinski definition) is 0. The first-order valence-corrected chi connectivity index (χ1v) is 14.4. The van der Waals surface area contributed by atoms with Gasteiger partial charge in [0.25, 0.3) is 0 Å². The van der Waals surface area contributed by atoms with Crippen LogP contribution in [-0.2, 0) is 12.8 Å². The third-order valence-electron chi connectivity index (χ3n) is 7.41. The van der Waals surface area contributed by atoms with E-state index in [-0.39, 0.29) is 0 Å². The van der Waals surface area contributed by atoms with Gasteiger partial charge in [0.2, 0.25) is 0 Å². The third kappa shape index (κ3) is 13.7. The van der Waals surface area contributed by atoms with Crippen molar-refractivity contribution in [3.8, 4) is 0 Å². The molecule has 2 aromatic carbocycles. The van der Waals surface area contributed by atoms with Crippen LogP contribution in [0.1, 0.15) is 131 Å². The van der Waals surface area contributed by atoms with E-state index >= 15 is 0 Å². The van der Waals surface area contributed by atoms with E-state index in [0.717, 1.165) is 0 Å². The van der Waals surface area contributed by atoms with Crippen molar-refractivity contribution in [2.45, 2.75) is 136 Å². The zero-order valence-corrected chi connectivity index (χ0v) is 22.1. The summed E-state index contributed by atoms with van der Waals surface area (Å²) >= 11 is 0. The van der Waals surface area contributed by atoms with Crippen LogP contribution in [0.5, 0.6) is 0 Å². The van der Waals surface area contributed by atoms with Gasteiger partial charge in [-0.3, -0.25) is 0 Å². The molecule has 0 saturated carbocycles. The summed E-state index contributed by atoms with van der Waals surface area (Å²) in [5.41, 5.74) is 6.02. The predicted molar refractivity (Wildman–Crippen MR) is 148 cm³/mol. The molecule has 0 N–H and O–H groups in total. The van der Waals surface area contributed by atoms with Crippen LogP contribution in [0, 0.1) is 13.8 Å². The molecule has 0 spiro atoms. The first-order valence-electron chi connectivity index (χ1n) is 14.4. The molecule has 0 atom stereocenters. The fraction of sp³-hybridized carbons (Fsp3) is 0.636. The second kappa shape index (κ2) is 18.8. The SMILES string of the molecule is Cc1ccccc1CCCCCCCCCCCCCCCCCCCc1ccccc1C. The van der Waals surface area contributed by atoms with Crippen molar-refractivity contribution in [3.05, 3.63) is 70.8 Å². The average molecular weight is 449 g/mol. The van der Waals surface area contributed by atoms with E-state index in [2.05, 4.69) is 62.4 Å². The molecule has 0 fully saturated rings. The Morgan fingerprint density at radius 1 is 0.333 bits per heavy atom. The van der Waals surface area contributed by atoms with Crippen molar-refractivity contribution in [2.75, 3.05) is 0 Å². The zero-order chi connectivity index (χ0) is 23.4. The fourth-order valence-corrected chi connectivity index (χ4v) is 5.06. The predicted octanol–water partition coefficient (Wildman–Crippen LogP) is 10.7. The Hall–Kier alpha value is -1.56. The standard InChI is InChI=1S/C33H52/c1-30-24-20-22-28-32(30)26-18-16-14-12-10-8-6-4-3-5-7-9-11-13-15-17-19-27-33-29-23-21-25-31(33)2/h20-25,28-29H,3-19,26-27H2,1-2H3. The molecule has 0 heteroatoms. The van der Waals surface area contributed by atoms with Crippen LogP contribution in [0.15, 0.2) is 48.5 Å². The Bertz CT molecular complexity index is 652. The molecule has 0 aliphatic heterocycles. The van der Waals surface area contributed by atoms with Gasteiger partial charge in [-0.15, -0.1) is 0 Å². The van der Waals surface area contributed by atoms with Crippen LogP contribution < -0.4 is 0 Å². The van der Waals surface area contributed by atoms with E-state index in [9.17, 15) is 0 Å². The number of hydrogen-bond acceptors (Lipinski definition) is 0. The van der Waals surface area contributed by atoms with Crippen LogP contribution in [-0.4, -0.2) is 0 Å². The number of unbranched alkanes of at least 4 members (excludes halogenated alkanes) is 16. The summed E-state index contributed by atoms with van der Waals surface area (Å²) in [4.78, 5) is 0. The monoisotopic (exact) mass is 448 g/mol. The molecule has 0 bridgehead atoms. The Kier molecular flexibility index (Phi) is 15.8. The highest BCUT2D eigenvalue weighted by molar-refractivity contribution is 5.26. The Morgan fingerprint density at radius 3 is 0.848 bits per heavy atom. The van der Waals surface area contributed by atoms with Crippen molar-refractivity contribution >= 4 is 0 Å². The lowest BCUT2D eigenvalue weighted by Gasteiger charge is -2.06. The van der Waals surface area contributed by atoms with E-state index in [4.69, 9.17) is 0 Å². The van der Waals surface area contributed by atoms with E-state index in [1.165, 1.54) is 133 Å². The summed E-state index contributed by atoms with van der Waals surface area (Å²) in [5, 5.41) is 0. The van der Waals surface area contributed by atoms with Crippen LogP contribution in [0.25, 0.3) is 0 Å². The minimum absolute atomic E-state index is 1.26. The van der Waals surface area contributed by atoms with Crippen molar-refractivity contribution in [3.63, 3.8) is 0 Å². The van der Waals surface area contributed by atoms with Crippen molar-refractivity contribution in [1.82, 2.24) is 0 Å². The molecule has 2 aromatic rings. The molecule has 0 unspecified atom stereocenters. The lowest BCUT2D eigenvalue weighted by atomic mass is 10.0. The van der Waals surface area contributed by atoms with Gasteiger partial charge in [-0.25, -0.2) is 0 Å². The zero-order valence-electron chi connectivity index (χ0n) is 22.1. The summed E-state index contributed by atoms with van der Waals surface area (Å²) in [6.07, 6.45) is 26.9. The van der Waals surface area contributed by atoms with Crippen molar-refractivity contribution in [2.24, 2.45) is 0 Å². The van der Waals surface area contributed by atoms with Gasteiger partial charge in [0.05, 0.1) is 0 Å². The highest BCUT2D eigenvalue weighted by atomic mass is 14.0. The van der Waals surface area contributed by atoms with Gasteiger partial charge in [0.1, 0.15) is 0 Å². The number of rotatable bonds is 20. The van der Waals surface area contributed by atoms with E-state index in [1.807, 2.05) is 0 Å². The largest absolute Gasteiger partial charge is 0.0620 e. The average Bonchev–Trinajstić information content (AvgIpc) is 2.82. The third-order valence-corrected chi connectivity index (χ3v) is 7.41. The maximum absolute atomic E-state index is 2.30. The van der Waals surface area contributed by atoms with E-state index in [0.29, 0.717) is 0 Å². The molecule has 0 nitrogen and oxygen atoms in total. The molecule has 2 rings (SSSR count). The van der Waals surface area contributed by atoms with Gasteiger partial charge in [-0.1, -0.05) is 145 Å². The van der Waals surface area contributed by atoms with Gasteiger partial charge < -0.3 is 0 Å². The number of benzene rings is 2. The Morgan fingerprint density at radius 2 is 0.576 bits per heavy atom. The molecule has 0 aromatic heterocycles. The Balaban J connectivity index is 1.25. The normalized spacial score (nSPS) is 11.2. The minimum Gasteiger partial charge on any atom is -0.0620 e. The number of aryl methyl sites for hydroxylation is 4. The van der Waals surface area contributed by atoms with Crippen molar-refractivity contribution in [1.29, 1.82) is 0 Å². The molecule has 0 heterocycles. The molecule has 0 aliphatic rings. The van der Waals surface area contributed by atoms with E-state index < -0.39 is 0 Å². The maximum Gasteiger partial charge on any atom is -0.0276 e. The molecule has 0 radical (unpaired) electrons. The molecule has 33 heavy (non-hydrogen) atoms. The topological polar surface area (TPSA) is 0 Å². The van der Waals surface area contributed by atoms with Crippen LogP contribution in [0.2, 0.25) is 0 Å². The first kappa shape index (κ1) is 27.7. The molecular weight excluding hydrogens is 396 g/mol. The van der Waals surface area contributed by atoms with Crippen LogP contribution >= 0.6 is 0 Å². The molecule has 0 amide bonds. The lowest BCUT2D eigenvalue weighted by Crippen LogP contribution is -1.90. The van der Waals surface area contributed by atoms with Crippen LogP contribution in [0.4, 0.5) is 0 Å². The highest BCUT2D eigenvalue weighted by Crippen LogP contribution is 2.16. The molecule has 0 saturated heterocycles. The fourth-order valence-electron chi connectivity index (χ4n) is 5.06.